The third kappa shape index (κ3) is 4.20. The van der Waals surface area contributed by atoms with E-state index in [-0.39, 0.29) is 17.0 Å². The van der Waals surface area contributed by atoms with Gasteiger partial charge in [-0.3, -0.25) is 14.4 Å². The Balaban J connectivity index is 1.64. The van der Waals surface area contributed by atoms with E-state index in [1.165, 1.54) is 10.6 Å². The van der Waals surface area contributed by atoms with Gasteiger partial charge in [-0.05, 0) is 42.5 Å². The molecule has 0 aliphatic rings. The highest BCUT2D eigenvalue weighted by molar-refractivity contribution is 6.30. The van der Waals surface area contributed by atoms with E-state index in [9.17, 15) is 14.4 Å². The van der Waals surface area contributed by atoms with Crippen molar-refractivity contribution in [3.05, 3.63) is 105 Å². The van der Waals surface area contributed by atoms with E-state index in [0.29, 0.717) is 32.9 Å². The Hall–Kier alpha value is -3.90. The van der Waals surface area contributed by atoms with Crippen molar-refractivity contribution in [2.75, 3.05) is 10.6 Å². The summed E-state index contributed by atoms with van der Waals surface area (Å²) in [4.78, 5) is 38.0. The molecule has 7 heteroatoms. The first kappa shape index (κ1) is 20.4. The second-order valence-corrected chi connectivity index (χ2v) is 7.37. The van der Waals surface area contributed by atoms with Gasteiger partial charge in [0, 0.05) is 29.1 Å². The largest absolute Gasteiger partial charge is 0.320 e. The van der Waals surface area contributed by atoms with Crippen molar-refractivity contribution in [3.8, 4) is 0 Å². The molecule has 2 N–H and O–H groups in total. The van der Waals surface area contributed by atoms with E-state index in [4.69, 9.17) is 11.6 Å². The molecule has 0 fully saturated rings. The van der Waals surface area contributed by atoms with Gasteiger partial charge >= 0.3 is 0 Å². The first-order chi connectivity index (χ1) is 14.9. The molecule has 1 heterocycles. The number of fused-ring (bicyclic) bond motifs is 1. The van der Waals surface area contributed by atoms with Gasteiger partial charge < -0.3 is 15.2 Å². The molecule has 2 amide bonds. The smallest absolute Gasteiger partial charge is 0.256 e. The Kier molecular flexibility index (Phi) is 5.56. The van der Waals surface area contributed by atoms with E-state index in [0.717, 1.165) is 0 Å². The first-order valence-electron chi connectivity index (χ1n) is 9.50. The van der Waals surface area contributed by atoms with Crippen LogP contribution in [0, 0.1) is 0 Å². The molecule has 0 unspecified atom stereocenters. The highest BCUT2D eigenvalue weighted by atomic mass is 35.5. The van der Waals surface area contributed by atoms with E-state index < -0.39 is 5.91 Å². The zero-order valence-electron chi connectivity index (χ0n) is 16.6. The van der Waals surface area contributed by atoms with Crippen LogP contribution in [0.1, 0.15) is 20.7 Å². The van der Waals surface area contributed by atoms with Crippen LogP contribution in [-0.2, 0) is 7.05 Å². The maximum absolute atomic E-state index is 13.1. The normalized spacial score (nSPS) is 10.6. The fourth-order valence-electron chi connectivity index (χ4n) is 3.29. The lowest BCUT2D eigenvalue weighted by Gasteiger charge is -2.14. The molecule has 0 saturated heterocycles. The van der Waals surface area contributed by atoms with Gasteiger partial charge in [0.25, 0.3) is 17.4 Å². The van der Waals surface area contributed by atoms with Gasteiger partial charge in [-0.1, -0.05) is 41.9 Å². The van der Waals surface area contributed by atoms with Gasteiger partial charge in [-0.25, -0.2) is 0 Å². The zero-order valence-corrected chi connectivity index (χ0v) is 17.3. The molecule has 0 radical (unpaired) electrons. The molecule has 0 bridgehead atoms. The monoisotopic (exact) mass is 431 g/mol. The summed E-state index contributed by atoms with van der Waals surface area (Å²) in [7, 11) is 1.66. The number of hydrogen-bond donors (Lipinski definition) is 2. The predicted octanol–water partition coefficient (Wildman–Crippen LogP) is 4.70. The van der Waals surface area contributed by atoms with Crippen molar-refractivity contribution in [1.82, 2.24) is 4.57 Å². The van der Waals surface area contributed by atoms with Crippen molar-refractivity contribution >= 4 is 45.7 Å². The average Bonchev–Trinajstić information content (AvgIpc) is 2.78. The molecule has 31 heavy (non-hydrogen) atoms. The van der Waals surface area contributed by atoms with E-state index in [2.05, 4.69) is 10.6 Å². The van der Waals surface area contributed by atoms with Crippen molar-refractivity contribution < 1.29 is 9.59 Å². The van der Waals surface area contributed by atoms with E-state index in [1.807, 2.05) is 12.1 Å². The highest BCUT2D eigenvalue weighted by Crippen LogP contribution is 2.24. The van der Waals surface area contributed by atoms with Crippen molar-refractivity contribution in [1.29, 1.82) is 0 Å². The molecule has 0 saturated carbocycles. The van der Waals surface area contributed by atoms with Crippen LogP contribution in [0.2, 0.25) is 5.02 Å². The number of aryl methyl sites for hydroxylation is 1. The summed E-state index contributed by atoms with van der Waals surface area (Å²) in [6, 6.07) is 21.9. The number of pyridine rings is 1. The number of carbonyl (C=O) groups excluding carboxylic acids is 2. The van der Waals surface area contributed by atoms with Crippen LogP contribution in [0.5, 0.6) is 0 Å². The number of rotatable bonds is 4. The summed E-state index contributed by atoms with van der Waals surface area (Å²) in [5.41, 5.74) is 1.92. The highest BCUT2D eigenvalue weighted by Gasteiger charge is 2.16. The minimum Gasteiger partial charge on any atom is -0.320 e. The van der Waals surface area contributed by atoms with Crippen LogP contribution < -0.4 is 16.2 Å². The number of benzene rings is 3. The summed E-state index contributed by atoms with van der Waals surface area (Å²) in [6.45, 7) is 0. The van der Waals surface area contributed by atoms with E-state index >= 15 is 0 Å². The average molecular weight is 432 g/mol. The maximum Gasteiger partial charge on any atom is 0.256 e. The summed E-state index contributed by atoms with van der Waals surface area (Å²) >= 11 is 5.88. The Morgan fingerprint density at radius 1 is 0.806 bits per heavy atom. The fraction of sp³-hybridized carbons (Fsp3) is 0.0417. The van der Waals surface area contributed by atoms with Crippen LogP contribution in [0.3, 0.4) is 0 Å². The molecule has 1 aromatic heterocycles. The third-order valence-corrected chi connectivity index (χ3v) is 5.18. The number of aromatic nitrogens is 1. The lowest BCUT2D eigenvalue weighted by atomic mass is 10.1. The summed E-state index contributed by atoms with van der Waals surface area (Å²) < 4.78 is 1.49. The number of nitrogens with one attached hydrogen (secondary N) is 2. The summed E-state index contributed by atoms with van der Waals surface area (Å²) in [5, 5.41) is 6.80. The third-order valence-electron chi connectivity index (χ3n) is 4.93. The van der Waals surface area contributed by atoms with E-state index in [1.54, 1.807) is 67.7 Å². The van der Waals surface area contributed by atoms with Gasteiger partial charge in [0.15, 0.2) is 0 Å². The quantitative estimate of drug-likeness (QED) is 0.491. The SMILES string of the molecule is Cn1c(=O)cc(C(=O)Nc2ccccc2NC(=O)c2ccc(Cl)cc2)c2ccccc21. The Morgan fingerprint density at radius 3 is 2.06 bits per heavy atom. The molecule has 4 aromatic rings. The number of carbonyl (C=O) groups is 2. The number of hydrogen-bond acceptors (Lipinski definition) is 3. The second-order valence-electron chi connectivity index (χ2n) is 6.93. The first-order valence-corrected chi connectivity index (χ1v) is 9.88. The molecule has 0 aliphatic carbocycles. The number of nitrogens with zero attached hydrogens (tertiary/aromatic N) is 1. The molecule has 0 spiro atoms. The number of halogens is 1. The fourth-order valence-corrected chi connectivity index (χ4v) is 3.41. The number of amides is 2. The Morgan fingerprint density at radius 2 is 1.39 bits per heavy atom. The topological polar surface area (TPSA) is 80.2 Å². The second kappa shape index (κ2) is 8.45. The number of anilines is 2. The van der Waals surface area contributed by atoms with Gasteiger partial charge in [0.05, 0.1) is 22.5 Å². The molecule has 6 nitrogen and oxygen atoms in total. The van der Waals surface area contributed by atoms with Crippen LogP contribution >= 0.6 is 11.6 Å². The Labute approximate surface area is 183 Å². The molecule has 0 aliphatic heterocycles. The minimum absolute atomic E-state index is 0.262. The molecule has 154 valence electrons. The molecule has 4 rings (SSSR count). The van der Waals surface area contributed by atoms with Crippen molar-refractivity contribution in [2.45, 2.75) is 0 Å². The van der Waals surface area contributed by atoms with Crippen LogP contribution in [0.25, 0.3) is 10.9 Å². The van der Waals surface area contributed by atoms with Gasteiger partial charge in [0.1, 0.15) is 0 Å². The lowest BCUT2D eigenvalue weighted by molar-refractivity contribution is 0.101. The Bertz CT molecular complexity index is 1360. The van der Waals surface area contributed by atoms with Gasteiger partial charge in [-0.15, -0.1) is 0 Å². The summed E-state index contributed by atoms with van der Waals surface area (Å²) in [5.74, 6) is -0.778. The predicted molar refractivity (Wildman–Crippen MR) is 123 cm³/mol. The van der Waals surface area contributed by atoms with Gasteiger partial charge in [0.2, 0.25) is 0 Å². The van der Waals surface area contributed by atoms with Crippen LogP contribution in [0.4, 0.5) is 11.4 Å². The maximum atomic E-state index is 13.1. The zero-order chi connectivity index (χ0) is 22.0. The lowest BCUT2D eigenvalue weighted by Crippen LogP contribution is -2.22. The van der Waals surface area contributed by atoms with Crippen molar-refractivity contribution in [2.24, 2.45) is 7.05 Å². The van der Waals surface area contributed by atoms with Crippen molar-refractivity contribution in [3.63, 3.8) is 0 Å². The molecule has 0 atom stereocenters. The van der Waals surface area contributed by atoms with Crippen LogP contribution in [0.15, 0.2) is 83.7 Å². The standard InChI is InChI=1S/C24H18ClN3O3/c1-28-21-9-5-2-6-17(21)18(14-22(28)29)24(31)27-20-8-4-3-7-19(20)26-23(30)15-10-12-16(25)13-11-15/h2-14H,1H3,(H,26,30)(H,27,31). The number of para-hydroxylation sites is 3. The molecular weight excluding hydrogens is 414 g/mol. The molecule has 3 aromatic carbocycles. The minimum atomic E-state index is -0.443. The van der Waals surface area contributed by atoms with Gasteiger partial charge in [-0.2, -0.15) is 0 Å². The summed E-state index contributed by atoms with van der Waals surface area (Å²) in [6.07, 6.45) is 0. The van der Waals surface area contributed by atoms with Crippen LogP contribution in [-0.4, -0.2) is 16.4 Å². The molecular formula is C24H18ClN3O3.